The van der Waals surface area contributed by atoms with Gasteiger partial charge in [-0.25, -0.2) is 0 Å². The average molecular weight is 263 g/mol. The summed E-state index contributed by atoms with van der Waals surface area (Å²) in [5.74, 6) is -0.00791. The van der Waals surface area contributed by atoms with E-state index in [4.69, 9.17) is 0 Å². The summed E-state index contributed by atoms with van der Waals surface area (Å²) in [4.78, 5) is 14.8. The van der Waals surface area contributed by atoms with Gasteiger partial charge >= 0.3 is 0 Å². The molecule has 0 aromatic rings. The number of nitrogens with one attached hydrogen (secondary N) is 1. The number of rotatable bonds is 2. The molecule has 1 saturated carbocycles. The molecule has 0 bridgehead atoms. The molecule has 4 nitrogen and oxygen atoms in total. The van der Waals surface area contributed by atoms with Crippen molar-refractivity contribution < 1.29 is 4.79 Å². The maximum absolute atomic E-state index is 12.5. The second kappa shape index (κ2) is 6.38. The van der Waals surface area contributed by atoms with Gasteiger partial charge in [0.05, 0.1) is 6.07 Å². The van der Waals surface area contributed by atoms with Crippen LogP contribution in [0.5, 0.6) is 0 Å². The maximum atomic E-state index is 12.5. The highest BCUT2D eigenvalue weighted by Crippen LogP contribution is 2.35. The van der Waals surface area contributed by atoms with Crippen molar-refractivity contribution in [3.8, 4) is 6.07 Å². The van der Waals surface area contributed by atoms with Gasteiger partial charge in [0.15, 0.2) is 0 Å². The van der Waals surface area contributed by atoms with E-state index in [2.05, 4.69) is 23.3 Å². The molecule has 19 heavy (non-hydrogen) atoms. The number of hydrogen-bond acceptors (Lipinski definition) is 3. The number of nitrogens with zero attached hydrogens (tertiary/aromatic N) is 2. The molecule has 2 rings (SSSR count). The molecule has 1 saturated heterocycles. The molecule has 1 amide bonds. The highest BCUT2D eigenvalue weighted by molar-refractivity contribution is 5.85. The Bertz CT molecular complexity index is 345. The van der Waals surface area contributed by atoms with Crippen molar-refractivity contribution in [3.05, 3.63) is 0 Å². The first kappa shape index (κ1) is 14.3. The van der Waals surface area contributed by atoms with Crippen molar-refractivity contribution in [1.82, 2.24) is 10.2 Å². The van der Waals surface area contributed by atoms with Gasteiger partial charge in [-0.2, -0.15) is 5.26 Å². The Hall–Kier alpha value is -1.08. The second-order valence-electron chi connectivity index (χ2n) is 6.16. The minimum atomic E-state index is -0.750. The minimum Gasteiger partial charge on any atom is -0.352 e. The van der Waals surface area contributed by atoms with Crippen molar-refractivity contribution in [2.75, 3.05) is 20.1 Å². The zero-order valence-corrected chi connectivity index (χ0v) is 12.0. The van der Waals surface area contributed by atoms with E-state index < -0.39 is 5.41 Å². The van der Waals surface area contributed by atoms with Crippen LogP contribution in [0.15, 0.2) is 0 Å². The molecule has 2 fully saturated rings. The van der Waals surface area contributed by atoms with Crippen molar-refractivity contribution in [2.24, 2.45) is 5.41 Å². The van der Waals surface area contributed by atoms with E-state index in [1.165, 1.54) is 0 Å². The Morgan fingerprint density at radius 1 is 1.21 bits per heavy atom. The normalized spacial score (nSPS) is 25.3. The highest BCUT2D eigenvalue weighted by atomic mass is 16.2. The van der Waals surface area contributed by atoms with E-state index in [1.807, 2.05) is 0 Å². The summed E-state index contributed by atoms with van der Waals surface area (Å²) in [6, 6.07) is 2.59. The molecule has 0 atom stereocenters. The standard InChI is InChI=1S/C15H25N3O/c1-18-10-6-13(7-11-18)17-14(19)15(12-16)8-4-2-3-5-9-15/h13H,2-11H2,1H3,(H,17,19). The number of piperidine rings is 1. The monoisotopic (exact) mass is 263 g/mol. The molecule has 1 heterocycles. The van der Waals surface area contributed by atoms with E-state index >= 15 is 0 Å². The lowest BCUT2D eigenvalue weighted by molar-refractivity contribution is -0.129. The van der Waals surface area contributed by atoms with Crippen LogP contribution in [-0.4, -0.2) is 37.0 Å². The van der Waals surface area contributed by atoms with Crippen LogP contribution < -0.4 is 5.32 Å². The van der Waals surface area contributed by atoms with E-state index in [9.17, 15) is 10.1 Å². The number of likely N-dealkylation sites (tertiary alicyclic amines) is 1. The first-order valence-electron chi connectivity index (χ1n) is 7.57. The summed E-state index contributed by atoms with van der Waals surface area (Å²) in [6.45, 7) is 2.06. The Balaban J connectivity index is 1.95. The Morgan fingerprint density at radius 3 is 2.32 bits per heavy atom. The summed E-state index contributed by atoms with van der Waals surface area (Å²) in [6.07, 6.45) is 7.82. The van der Waals surface area contributed by atoms with Crippen molar-refractivity contribution in [2.45, 2.75) is 57.4 Å². The van der Waals surface area contributed by atoms with Gasteiger partial charge in [0.25, 0.3) is 0 Å². The van der Waals surface area contributed by atoms with Crippen molar-refractivity contribution in [1.29, 1.82) is 5.26 Å². The molecule has 106 valence electrons. The Labute approximate surface area is 116 Å². The zero-order valence-electron chi connectivity index (χ0n) is 12.0. The van der Waals surface area contributed by atoms with Crippen LogP contribution in [0.2, 0.25) is 0 Å². The van der Waals surface area contributed by atoms with Crippen LogP contribution in [0.3, 0.4) is 0 Å². The summed E-state index contributed by atoms with van der Waals surface area (Å²) in [5.41, 5.74) is -0.750. The zero-order chi connectivity index (χ0) is 13.7. The average Bonchev–Trinajstić information content (AvgIpc) is 2.67. The summed E-state index contributed by atoms with van der Waals surface area (Å²) in [5, 5.41) is 12.6. The van der Waals surface area contributed by atoms with E-state index in [0.29, 0.717) is 0 Å². The summed E-state index contributed by atoms with van der Waals surface area (Å²) >= 11 is 0. The van der Waals surface area contributed by atoms with Gasteiger partial charge in [0.1, 0.15) is 5.41 Å². The SMILES string of the molecule is CN1CCC(NC(=O)C2(C#N)CCCCCC2)CC1. The van der Waals surface area contributed by atoms with Crippen molar-refractivity contribution in [3.63, 3.8) is 0 Å². The van der Waals surface area contributed by atoms with Gasteiger partial charge in [-0.15, -0.1) is 0 Å². The molecular weight excluding hydrogens is 238 g/mol. The summed E-state index contributed by atoms with van der Waals surface area (Å²) < 4.78 is 0. The highest BCUT2D eigenvalue weighted by Gasteiger charge is 2.39. The van der Waals surface area contributed by atoms with E-state index in [-0.39, 0.29) is 11.9 Å². The number of carbonyl (C=O) groups excluding carboxylic acids is 1. The molecule has 4 heteroatoms. The molecule has 0 spiro atoms. The van der Waals surface area contributed by atoms with Crippen LogP contribution in [0.1, 0.15) is 51.4 Å². The molecule has 1 aliphatic heterocycles. The number of hydrogen-bond donors (Lipinski definition) is 1. The van der Waals surface area contributed by atoms with Gasteiger partial charge in [-0.05, 0) is 45.8 Å². The van der Waals surface area contributed by atoms with Crippen LogP contribution in [0, 0.1) is 16.7 Å². The van der Waals surface area contributed by atoms with Crippen LogP contribution in [0.25, 0.3) is 0 Å². The fourth-order valence-corrected chi connectivity index (χ4v) is 3.20. The van der Waals surface area contributed by atoms with Gasteiger partial charge in [0, 0.05) is 6.04 Å². The van der Waals surface area contributed by atoms with Gasteiger partial charge < -0.3 is 10.2 Å². The van der Waals surface area contributed by atoms with E-state index in [1.54, 1.807) is 0 Å². The van der Waals surface area contributed by atoms with Gasteiger partial charge in [0.2, 0.25) is 5.91 Å². The summed E-state index contributed by atoms with van der Waals surface area (Å²) in [7, 11) is 2.11. The predicted molar refractivity (Wildman–Crippen MR) is 74.4 cm³/mol. The molecule has 0 aromatic heterocycles. The third-order valence-electron chi connectivity index (χ3n) is 4.66. The molecular formula is C15H25N3O. The third kappa shape index (κ3) is 3.48. The molecule has 0 aromatic carbocycles. The first-order chi connectivity index (χ1) is 9.16. The predicted octanol–water partition coefficient (Wildman–Crippen LogP) is 2.06. The Kier molecular flexibility index (Phi) is 4.81. The number of carbonyl (C=O) groups is 1. The molecule has 1 aliphatic carbocycles. The fraction of sp³-hybridized carbons (Fsp3) is 0.867. The number of nitriles is 1. The lowest BCUT2D eigenvalue weighted by atomic mass is 9.80. The van der Waals surface area contributed by atoms with Gasteiger partial charge in [-0.3, -0.25) is 4.79 Å². The second-order valence-corrected chi connectivity index (χ2v) is 6.16. The lowest BCUT2D eigenvalue weighted by Crippen LogP contribution is -2.48. The van der Waals surface area contributed by atoms with Crippen LogP contribution in [-0.2, 0) is 4.79 Å². The third-order valence-corrected chi connectivity index (χ3v) is 4.66. The lowest BCUT2D eigenvalue weighted by Gasteiger charge is -2.32. The van der Waals surface area contributed by atoms with Crippen molar-refractivity contribution >= 4 is 5.91 Å². The molecule has 0 radical (unpaired) electrons. The largest absolute Gasteiger partial charge is 0.352 e. The molecule has 2 aliphatic rings. The quantitative estimate of drug-likeness (QED) is 0.776. The minimum absolute atomic E-state index is 0.00791. The topological polar surface area (TPSA) is 56.1 Å². The molecule has 1 N–H and O–H groups in total. The van der Waals surface area contributed by atoms with E-state index in [0.717, 1.165) is 64.5 Å². The Morgan fingerprint density at radius 2 is 1.79 bits per heavy atom. The van der Waals surface area contributed by atoms with Gasteiger partial charge in [-0.1, -0.05) is 25.7 Å². The molecule has 0 unspecified atom stereocenters. The number of amides is 1. The smallest absolute Gasteiger partial charge is 0.240 e. The van der Waals surface area contributed by atoms with Crippen LogP contribution in [0.4, 0.5) is 0 Å². The van der Waals surface area contributed by atoms with Crippen LogP contribution >= 0.6 is 0 Å². The first-order valence-corrected chi connectivity index (χ1v) is 7.57. The maximum Gasteiger partial charge on any atom is 0.240 e. The fourth-order valence-electron chi connectivity index (χ4n) is 3.20.